The molecule has 0 radical (unpaired) electrons. The molecule has 0 aromatic heterocycles. The molecule has 0 saturated heterocycles. The molecule has 2 nitrogen and oxygen atoms in total. The number of hydrogen-bond acceptors (Lipinski definition) is 2. The van der Waals surface area contributed by atoms with Gasteiger partial charge in [-0.1, -0.05) is 29.9 Å². The maximum Gasteiger partial charge on any atom is 0.0694 e. The van der Waals surface area contributed by atoms with Crippen molar-refractivity contribution >= 4 is 0 Å². The molecular formula is C18H14O2. The Balaban J connectivity index is 2.35. The molecule has 20 heavy (non-hydrogen) atoms. The normalized spacial score (nSPS) is 9.45. The Bertz CT molecular complexity index is 712. The zero-order chi connectivity index (χ0) is 14.4. The first-order valence-electron chi connectivity index (χ1n) is 6.19. The minimum absolute atomic E-state index is 0.00568. The minimum Gasteiger partial charge on any atom is -0.392 e. The van der Waals surface area contributed by atoms with E-state index in [1.807, 2.05) is 30.3 Å². The van der Waals surface area contributed by atoms with Crippen molar-refractivity contribution in [2.45, 2.75) is 13.2 Å². The largest absolute Gasteiger partial charge is 0.392 e. The summed E-state index contributed by atoms with van der Waals surface area (Å²) in [6.45, 7) is -0.107. The minimum atomic E-state index is -0.101. The Labute approximate surface area is 118 Å². The predicted octanol–water partition coefficient (Wildman–Crippen LogP) is 2.05. The van der Waals surface area contributed by atoms with Gasteiger partial charge in [0.2, 0.25) is 0 Å². The van der Waals surface area contributed by atoms with Crippen LogP contribution in [0.1, 0.15) is 27.8 Å². The van der Waals surface area contributed by atoms with Gasteiger partial charge in [-0.3, -0.25) is 0 Å². The van der Waals surface area contributed by atoms with E-state index in [2.05, 4.69) is 17.8 Å². The highest BCUT2D eigenvalue weighted by Crippen LogP contribution is 2.11. The fraction of sp³-hybridized carbons (Fsp3) is 0.111. The number of aliphatic hydroxyl groups is 2. The van der Waals surface area contributed by atoms with Crippen molar-refractivity contribution in [3.63, 3.8) is 0 Å². The number of terminal acetylenes is 1. The number of hydrogen-bond donors (Lipinski definition) is 2. The van der Waals surface area contributed by atoms with E-state index in [0.29, 0.717) is 5.56 Å². The smallest absolute Gasteiger partial charge is 0.0694 e. The van der Waals surface area contributed by atoms with Crippen molar-refractivity contribution in [1.29, 1.82) is 0 Å². The lowest BCUT2D eigenvalue weighted by atomic mass is 10.0. The highest BCUT2D eigenvalue weighted by Gasteiger charge is 2.00. The molecule has 0 atom stereocenters. The molecule has 0 saturated carbocycles. The average molecular weight is 262 g/mol. The predicted molar refractivity (Wildman–Crippen MR) is 78.6 cm³/mol. The molecule has 0 fully saturated rings. The Morgan fingerprint density at radius 3 is 2.45 bits per heavy atom. The van der Waals surface area contributed by atoms with Crippen LogP contribution in [0.5, 0.6) is 0 Å². The van der Waals surface area contributed by atoms with Crippen molar-refractivity contribution in [2.75, 3.05) is 0 Å². The molecule has 2 N–H and O–H groups in total. The summed E-state index contributed by atoms with van der Waals surface area (Å²) in [6, 6.07) is 12.8. The maximum absolute atomic E-state index is 9.35. The molecular weight excluding hydrogens is 248 g/mol. The van der Waals surface area contributed by atoms with Crippen LogP contribution in [0.4, 0.5) is 0 Å². The van der Waals surface area contributed by atoms with E-state index >= 15 is 0 Å². The van der Waals surface area contributed by atoms with Gasteiger partial charge in [0, 0.05) is 16.7 Å². The lowest BCUT2D eigenvalue weighted by Gasteiger charge is -2.01. The molecule has 0 aliphatic carbocycles. The van der Waals surface area contributed by atoms with E-state index < -0.39 is 0 Å². The van der Waals surface area contributed by atoms with Gasteiger partial charge in [-0.15, -0.1) is 6.42 Å². The zero-order valence-corrected chi connectivity index (χ0v) is 10.9. The molecule has 0 bridgehead atoms. The summed E-state index contributed by atoms with van der Waals surface area (Å²) in [5, 5.41) is 18.4. The second-order valence-electron chi connectivity index (χ2n) is 4.28. The van der Waals surface area contributed by atoms with E-state index in [1.54, 1.807) is 12.1 Å². The summed E-state index contributed by atoms with van der Waals surface area (Å²) < 4.78 is 0. The molecule has 2 aromatic rings. The van der Waals surface area contributed by atoms with Crippen LogP contribution in [0, 0.1) is 24.2 Å². The lowest BCUT2D eigenvalue weighted by molar-refractivity contribution is 0.281. The molecule has 98 valence electrons. The van der Waals surface area contributed by atoms with Gasteiger partial charge in [0.1, 0.15) is 0 Å². The highest BCUT2D eigenvalue weighted by atomic mass is 16.3. The Hall–Kier alpha value is -2.52. The second kappa shape index (κ2) is 6.59. The van der Waals surface area contributed by atoms with Crippen LogP contribution in [-0.4, -0.2) is 10.2 Å². The van der Waals surface area contributed by atoms with E-state index in [0.717, 1.165) is 22.3 Å². The van der Waals surface area contributed by atoms with Gasteiger partial charge < -0.3 is 10.2 Å². The van der Waals surface area contributed by atoms with Crippen LogP contribution in [0.3, 0.4) is 0 Å². The van der Waals surface area contributed by atoms with Crippen LogP contribution < -0.4 is 0 Å². The van der Waals surface area contributed by atoms with Gasteiger partial charge >= 0.3 is 0 Å². The number of benzene rings is 2. The molecule has 0 aliphatic rings. The van der Waals surface area contributed by atoms with Crippen LogP contribution in [0.25, 0.3) is 0 Å². The molecule has 0 unspecified atom stereocenters. The molecule has 0 aliphatic heterocycles. The molecule has 0 heterocycles. The average Bonchev–Trinajstić information content (AvgIpc) is 2.52. The molecule has 2 rings (SSSR count). The van der Waals surface area contributed by atoms with Crippen molar-refractivity contribution in [3.05, 3.63) is 70.3 Å². The van der Waals surface area contributed by atoms with Gasteiger partial charge in [-0.05, 0) is 41.5 Å². The number of rotatable bonds is 2. The third-order valence-corrected chi connectivity index (χ3v) is 2.89. The van der Waals surface area contributed by atoms with Gasteiger partial charge in [0.15, 0.2) is 0 Å². The summed E-state index contributed by atoms with van der Waals surface area (Å²) in [4.78, 5) is 0. The van der Waals surface area contributed by atoms with Crippen LogP contribution in [0.15, 0.2) is 42.5 Å². The summed E-state index contributed by atoms with van der Waals surface area (Å²) >= 11 is 0. The summed E-state index contributed by atoms with van der Waals surface area (Å²) in [6.07, 6.45) is 5.33. The first-order chi connectivity index (χ1) is 9.76. The van der Waals surface area contributed by atoms with E-state index in [1.165, 1.54) is 0 Å². The Morgan fingerprint density at radius 2 is 1.75 bits per heavy atom. The quantitative estimate of drug-likeness (QED) is 0.813. The van der Waals surface area contributed by atoms with Crippen molar-refractivity contribution in [3.8, 4) is 24.2 Å². The molecule has 2 aromatic carbocycles. The summed E-state index contributed by atoms with van der Waals surface area (Å²) in [5.41, 5.74) is 3.83. The SMILES string of the molecule is C#Cc1ccc(C#Cc2cccc(CO)c2)c(CO)c1. The fourth-order valence-electron chi connectivity index (χ4n) is 1.82. The van der Waals surface area contributed by atoms with Crippen LogP contribution >= 0.6 is 0 Å². The van der Waals surface area contributed by atoms with Gasteiger partial charge in [-0.25, -0.2) is 0 Å². The summed E-state index contributed by atoms with van der Waals surface area (Å²) in [5.74, 6) is 8.58. The number of aliphatic hydroxyl groups excluding tert-OH is 2. The van der Waals surface area contributed by atoms with Gasteiger partial charge in [0.05, 0.1) is 13.2 Å². The first-order valence-corrected chi connectivity index (χ1v) is 6.19. The standard InChI is InChI=1S/C18H14O2/c1-2-14-6-8-17(18(11-14)13-20)9-7-15-4-3-5-16(10-15)12-19/h1,3-6,8,10-11,19-20H,12-13H2. The van der Waals surface area contributed by atoms with Crippen molar-refractivity contribution in [2.24, 2.45) is 0 Å². The van der Waals surface area contributed by atoms with Crippen LogP contribution in [0.2, 0.25) is 0 Å². The van der Waals surface area contributed by atoms with Crippen LogP contribution in [-0.2, 0) is 13.2 Å². The molecule has 0 spiro atoms. The molecule has 2 heteroatoms. The third-order valence-electron chi connectivity index (χ3n) is 2.89. The van der Waals surface area contributed by atoms with E-state index in [9.17, 15) is 5.11 Å². The van der Waals surface area contributed by atoms with E-state index in [4.69, 9.17) is 11.5 Å². The van der Waals surface area contributed by atoms with Gasteiger partial charge in [0.25, 0.3) is 0 Å². The second-order valence-corrected chi connectivity index (χ2v) is 4.28. The van der Waals surface area contributed by atoms with E-state index in [-0.39, 0.29) is 13.2 Å². The molecule has 0 amide bonds. The lowest BCUT2D eigenvalue weighted by Crippen LogP contribution is -1.91. The maximum atomic E-state index is 9.35. The zero-order valence-electron chi connectivity index (χ0n) is 10.9. The van der Waals surface area contributed by atoms with Gasteiger partial charge in [-0.2, -0.15) is 0 Å². The third kappa shape index (κ3) is 3.28. The Kier molecular flexibility index (Phi) is 4.58. The summed E-state index contributed by atoms with van der Waals surface area (Å²) in [7, 11) is 0. The first kappa shape index (κ1) is 13.9. The topological polar surface area (TPSA) is 40.5 Å². The monoisotopic (exact) mass is 262 g/mol. The van der Waals surface area contributed by atoms with Crippen molar-refractivity contribution in [1.82, 2.24) is 0 Å². The Morgan fingerprint density at radius 1 is 0.900 bits per heavy atom. The fourth-order valence-corrected chi connectivity index (χ4v) is 1.82. The highest BCUT2D eigenvalue weighted by molar-refractivity contribution is 5.50. The van der Waals surface area contributed by atoms with Crippen molar-refractivity contribution < 1.29 is 10.2 Å².